The summed E-state index contributed by atoms with van der Waals surface area (Å²) in [6.07, 6.45) is 0. The first kappa shape index (κ1) is 80.1. The van der Waals surface area contributed by atoms with Gasteiger partial charge in [0.1, 0.15) is 0 Å². The number of rotatable bonds is 9. The molecule has 8 heteroatoms. The quantitative estimate of drug-likeness (QED) is 0.145. The van der Waals surface area contributed by atoms with Crippen LogP contribution in [0.1, 0.15) is 74.9 Å². The summed E-state index contributed by atoms with van der Waals surface area (Å²) < 4.78 is 9.93. The van der Waals surface area contributed by atoms with Crippen LogP contribution < -0.4 is 4.90 Å². The third-order valence-electron chi connectivity index (χ3n) is 31.5. The Labute approximate surface area is 811 Å². The third-order valence-corrected chi connectivity index (χ3v) is 32.6. The number of nitrogens with zero attached hydrogens (tertiary/aromatic N) is 7. The summed E-state index contributed by atoms with van der Waals surface area (Å²) in [5.74, 6) is 1.92. The van der Waals surface area contributed by atoms with E-state index in [1.807, 2.05) is 47.7 Å². The number of anilines is 3. The number of hydrogen-bond donors (Lipinski definition) is 0. The summed E-state index contributed by atoms with van der Waals surface area (Å²) in [5.41, 5.74) is 25.5. The molecule has 0 spiro atoms. The molecule has 0 bridgehead atoms. The Morgan fingerprint density at radius 2 is 0.507 bits per heavy atom. The molecule has 0 amide bonds. The van der Waals surface area contributed by atoms with Crippen molar-refractivity contribution in [3.8, 4) is 51.2 Å². The predicted molar refractivity (Wildman–Crippen MR) is 594 cm³/mol. The Bertz CT molecular complexity index is 10100. The first-order valence-electron chi connectivity index (χ1n) is 48.7. The van der Waals surface area contributed by atoms with Crippen molar-refractivity contribution < 1.29 is 0 Å². The Kier molecular flexibility index (Phi) is 17.1. The fourth-order valence-corrected chi connectivity index (χ4v) is 26.4. The standard InChI is InChI=1S/C45H32N2.C45H29NS.C42H28N4/c1-45(2)37-21-11-19-35-33-17-9-10-18-34(33)36-20-12-22-39-42(36)44-40(28-27-38(45)43(44)41(35)37)47(39)32-25-23-31(24-26-32)46(29-13-5-3-6-14-29)30-15-7-4-8-16-30;1-45(2)34-19-8-17-31-29-13-3-4-14-30(29)32-18-9-20-36-42(32)44-37(24-23-35(45)43(44)41(31)34)46(36)27-12-7-11-26(25-27)28-16-10-22-39-40(28)33-15-5-6-21-38(33)47-39;1-42(2)31-21-11-19-29-27-17-9-10-18-28(27)30-20-12-22-33-36(30)38-34(24-23-32(42)37(38)35(29)31)46(33)41-44-39(25-13-5-3-6-14-25)43-40(45-41)26-15-7-4-8-16-26/h3-28H,1-2H3;3-25H,1-2H3;3-24H,1-2H3. The van der Waals surface area contributed by atoms with Gasteiger partial charge in [0, 0.05) is 108 Å². The van der Waals surface area contributed by atoms with Crippen molar-refractivity contribution in [2.45, 2.75) is 57.8 Å². The molecule has 140 heavy (non-hydrogen) atoms. The molecule has 7 nitrogen and oxygen atoms in total. The van der Waals surface area contributed by atoms with E-state index in [-0.39, 0.29) is 16.2 Å². The molecule has 0 radical (unpaired) electrons. The van der Waals surface area contributed by atoms with Gasteiger partial charge in [0.25, 0.3) is 0 Å². The van der Waals surface area contributed by atoms with Crippen LogP contribution in [0.25, 0.3) is 234 Å². The lowest BCUT2D eigenvalue weighted by Crippen LogP contribution is -2.15. The zero-order chi connectivity index (χ0) is 92.9. The molecule has 28 aromatic rings. The molecular weight excluding hydrogens is 1720 g/mol. The minimum Gasteiger partial charge on any atom is -0.311 e. The fourth-order valence-electron chi connectivity index (χ4n) is 25.3. The van der Waals surface area contributed by atoms with Crippen LogP contribution in [-0.2, 0) is 16.2 Å². The summed E-state index contributed by atoms with van der Waals surface area (Å²) in [7, 11) is 0. The molecule has 0 saturated heterocycles. The van der Waals surface area contributed by atoms with Crippen molar-refractivity contribution in [3.63, 3.8) is 0 Å². The zero-order valence-electron chi connectivity index (χ0n) is 78.0. The zero-order valence-corrected chi connectivity index (χ0v) is 78.8. The van der Waals surface area contributed by atoms with Gasteiger partial charge in [-0.3, -0.25) is 4.57 Å². The van der Waals surface area contributed by atoms with E-state index >= 15 is 0 Å². The SMILES string of the molecule is CC1(C)c2cccc3c4ccccc4c4cccc5c4c4c(c1ccc4n5-c1ccc(N(c4ccccc4)c4ccccc4)cc1)c23.CC1(C)c2cccc3c4ccccc4c4cccc5c4c4c(c1ccc4n5-c1cccc(-c4cccc5sc6ccccc6c45)c1)c23.CC1(C)c2cccc3c4ccccc4c4cccc5c4c4c(c1ccc4n5-c1nc(-c4ccccc4)nc(-c4ccccc4)n1)c23. The predicted octanol–water partition coefficient (Wildman–Crippen LogP) is 35.7. The average molecular weight is 1810 g/mol. The molecule has 0 unspecified atom stereocenters. The Morgan fingerprint density at radius 1 is 0.200 bits per heavy atom. The van der Waals surface area contributed by atoms with Gasteiger partial charge < -0.3 is 14.0 Å². The van der Waals surface area contributed by atoms with Crippen LogP contribution in [0.4, 0.5) is 17.1 Å². The Hall–Kier alpha value is -17.2. The molecule has 31 rings (SSSR count). The van der Waals surface area contributed by atoms with Crippen molar-refractivity contribution in [2.75, 3.05) is 4.90 Å². The van der Waals surface area contributed by atoms with Crippen LogP contribution in [0.2, 0.25) is 0 Å². The molecule has 0 atom stereocenters. The molecule has 0 saturated carbocycles. The van der Waals surface area contributed by atoms with E-state index in [1.165, 1.54) is 222 Å². The highest BCUT2D eigenvalue weighted by Crippen LogP contribution is 2.59. The van der Waals surface area contributed by atoms with Crippen LogP contribution in [0.15, 0.2) is 431 Å². The van der Waals surface area contributed by atoms with Gasteiger partial charge in [-0.1, -0.05) is 363 Å². The summed E-state index contributed by atoms with van der Waals surface area (Å²) in [6.45, 7) is 14.3. The highest BCUT2D eigenvalue weighted by atomic mass is 32.1. The fraction of sp³-hybridized carbons (Fsp3) is 0.0682. The monoisotopic (exact) mass is 1800 g/mol. The molecule has 658 valence electrons. The van der Waals surface area contributed by atoms with Crippen LogP contribution in [0, 0.1) is 0 Å². The lowest BCUT2D eigenvalue weighted by Gasteiger charge is -2.25. The summed E-state index contributed by atoms with van der Waals surface area (Å²) in [6, 6.07) is 158. The summed E-state index contributed by atoms with van der Waals surface area (Å²) in [5, 5.41) is 34.4. The number of para-hydroxylation sites is 2. The smallest absolute Gasteiger partial charge is 0.238 e. The van der Waals surface area contributed by atoms with Crippen LogP contribution in [0.3, 0.4) is 0 Å². The molecule has 23 aromatic carbocycles. The maximum Gasteiger partial charge on any atom is 0.238 e. The van der Waals surface area contributed by atoms with Crippen molar-refractivity contribution in [3.05, 3.63) is 464 Å². The molecule has 0 fully saturated rings. The second-order valence-electron chi connectivity index (χ2n) is 39.8. The number of thiophene rings is 1. The van der Waals surface area contributed by atoms with E-state index < -0.39 is 0 Å². The van der Waals surface area contributed by atoms with E-state index in [9.17, 15) is 0 Å². The minimum atomic E-state index is -0.133. The first-order valence-corrected chi connectivity index (χ1v) is 49.5. The molecule has 0 aliphatic heterocycles. The molecule has 5 heterocycles. The van der Waals surface area contributed by atoms with E-state index in [2.05, 4.69) is 454 Å². The summed E-state index contributed by atoms with van der Waals surface area (Å²) >= 11 is 1.88. The van der Waals surface area contributed by atoms with E-state index in [4.69, 9.17) is 15.0 Å². The lowest BCUT2D eigenvalue weighted by atomic mass is 9.81. The second kappa shape index (κ2) is 29.9. The second-order valence-corrected chi connectivity index (χ2v) is 40.9. The molecule has 3 aliphatic carbocycles. The van der Waals surface area contributed by atoms with Crippen LogP contribution in [-0.4, -0.2) is 28.7 Å². The summed E-state index contributed by atoms with van der Waals surface area (Å²) in [4.78, 5) is 17.7. The van der Waals surface area contributed by atoms with Gasteiger partial charge in [-0.2, -0.15) is 9.97 Å². The van der Waals surface area contributed by atoms with Crippen molar-refractivity contribution in [1.29, 1.82) is 0 Å². The Morgan fingerprint density at radius 3 is 0.936 bits per heavy atom. The van der Waals surface area contributed by atoms with Gasteiger partial charge >= 0.3 is 0 Å². The van der Waals surface area contributed by atoms with Crippen LogP contribution in [0.5, 0.6) is 0 Å². The molecule has 5 aromatic heterocycles. The van der Waals surface area contributed by atoms with Gasteiger partial charge in [-0.05, 0) is 251 Å². The highest BCUT2D eigenvalue weighted by Gasteiger charge is 2.40. The maximum atomic E-state index is 5.19. The van der Waals surface area contributed by atoms with Crippen molar-refractivity contribution in [2.24, 2.45) is 0 Å². The van der Waals surface area contributed by atoms with Gasteiger partial charge in [-0.25, -0.2) is 4.98 Å². The largest absolute Gasteiger partial charge is 0.311 e. The number of hydrogen-bond acceptors (Lipinski definition) is 5. The third kappa shape index (κ3) is 11.3. The first-order chi connectivity index (χ1) is 68.8. The maximum absolute atomic E-state index is 5.19. The topological polar surface area (TPSA) is 56.7 Å². The lowest BCUT2D eigenvalue weighted by molar-refractivity contribution is 0.663. The average Bonchev–Trinajstić information content (AvgIpc) is 1.53. The van der Waals surface area contributed by atoms with Gasteiger partial charge in [0.15, 0.2) is 11.6 Å². The number of benzene rings is 20. The van der Waals surface area contributed by atoms with Crippen molar-refractivity contribution >= 4 is 211 Å². The molecule has 0 N–H and O–H groups in total. The van der Waals surface area contributed by atoms with E-state index in [0.717, 1.165) is 44.9 Å². The Balaban J connectivity index is 0.000000101. The number of aromatic nitrogens is 6. The normalized spacial score (nSPS) is 13.7. The molecular formula is C132H89N7S. The van der Waals surface area contributed by atoms with Gasteiger partial charge in [-0.15, -0.1) is 11.3 Å². The highest BCUT2D eigenvalue weighted by molar-refractivity contribution is 7.26. The van der Waals surface area contributed by atoms with Gasteiger partial charge in [0.05, 0.1) is 33.1 Å². The van der Waals surface area contributed by atoms with Crippen LogP contribution >= 0.6 is 11.3 Å². The number of fused-ring (bicyclic) bond motifs is 12. The molecule has 3 aliphatic rings. The van der Waals surface area contributed by atoms with Crippen molar-refractivity contribution in [1.82, 2.24) is 28.7 Å². The van der Waals surface area contributed by atoms with Gasteiger partial charge in [0.2, 0.25) is 5.95 Å². The minimum absolute atomic E-state index is 0.0839. The van der Waals surface area contributed by atoms with E-state index in [1.54, 1.807) is 0 Å². The van der Waals surface area contributed by atoms with E-state index in [0.29, 0.717) is 17.6 Å².